The third-order valence-corrected chi connectivity index (χ3v) is 6.06. The van der Waals surface area contributed by atoms with Crippen molar-refractivity contribution in [2.45, 2.75) is 11.8 Å². The fraction of sp³-hybridized carbons (Fsp3) is 0.250. The Kier molecular flexibility index (Phi) is 4.38. The molecule has 0 amide bonds. The van der Waals surface area contributed by atoms with Crippen LogP contribution in [0.15, 0.2) is 35.7 Å². The molecule has 3 rings (SSSR count). The average Bonchev–Trinajstić information content (AvgIpc) is 3.08. The molecule has 0 saturated heterocycles. The molecule has 0 fully saturated rings. The van der Waals surface area contributed by atoms with Gasteiger partial charge in [-0.2, -0.15) is 0 Å². The molecule has 110 valence electrons. The molecule has 0 aliphatic heterocycles. The van der Waals surface area contributed by atoms with Crippen LogP contribution in [0.3, 0.4) is 0 Å². The molecule has 0 bridgehead atoms. The van der Waals surface area contributed by atoms with Crippen molar-refractivity contribution in [2.24, 2.45) is 0 Å². The predicted molar refractivity (Wildman–Crippen MR) is 91.5 cm³/mol. The van der Waals surface area contributed by atoms with Crippen molar-refractivity contribution in [3.63, 3.8) is 0 Å². The first kappa shape index (κ1) is 14.7. The lowest BCUT2D eigenvalue weighted by atomic mass is 10.1. The van der Waals surface area contributed by atoms with E-state index >= 15 is 0 Å². The Labute approximate surface area is 136 Å². The molecule has 1 atom stereocenters. The van der Waals surface area contributed by atoms with Crippen molar-refractivity contribution in [3.8, 4) is 11.5 Å². The minimum atomic E-state index is -0.0206. The standard InChI is InChI=1S/C16H15ClO2S2/c1-18-12-4-3-10(8-13(12)19-2)7-11(17)15-9-16-14(21-15)5-6-20-16/h3-6,8-9,11H,7H2,1-2H3. The lowest BCUT2D eigenvalue weighted by Gasteiger charge is -2.11. The maximum absolute atomic E-state index is 6.58. The third-order valence-electron chi connectivity index (χ3n) is 3.33. The lowest BCUT2D eigenvalue weighted by molar-refractivity contribution is 0.354. The van der Waals surface area contributed by atoms with Crippen LogP contribution < -0.4 is 9.47 Å². The summed E-state index contributed by atoms with van der Waals surface area (Å²) in [5.41, 5.74) is 1.14. The van der Waals surface area contributed by atoms with Crippen molar-refractivity contribution >= 4 is 43.7 Å². The Balaban J connectivity index is 1.80. The molecule has 0 aliphatic carbocycles. The molecule has 21 heavy (non-hydrogen) atoms. The number of ether oxygens (including phenoxy) is 2. The summed E-state index contributed by atoms with van der Waals surface area (Å²) in [6.45, 7) is 0. The minimum absolute atomic E-state index is 0.0206. The molecule has 0 saturated carbocycles. The van der Waals surface area contributed by atoms with E-state index in [1.807, 2.05) is 18.2 Å². The summed E-state index contributed by atoms with van der Waals surface area (Å²) < 4.78 is 13.2. The van der Waals surface area contributed by atoms with Crippen LogP contribution in [0.2, 0.25) is 0 Å². The summed E-state index contributed by atoms with van der Waals surface area (Å²) in [4.78, 5) is 1.22. The summed E-state index contributed by atoms with van der Waals surface area (Å²) in [7, 11) is 3.29. The van der Waals surface area contributed by atoms with Gasteiger partial charge in [0.1, 0.15) is 0 Å². The van der Waals surface area contributed by atoms with Crippen LogP contribution >= 0.6 is 34.3 Å². The molecule has 5 heteroatoms. The Morgan fingerprint density at radius 1 is 1.05 bits per heavy atom. The summed E-state index contributed by atoms with van der Waals surface area (Å²) in [5, 5.41) is 2.09. The highest BCUT2D eigenvalue weighted by Gasteiger charge is 2.14. The third kappa shape index (κ3) is 3.03. The second-order valence-corrected chi connectivity index (χ2v) is 7.25. The molecule has 1 aromatic carbocycles. The molecule has 2 heterocycles. The second-order valence-electron chi connectivity index (χ2n) is 4.66. The highest BCUT2D eigenvalue weighted by Crippen LogP contribution is 2.38. The number of rotatable bonds is 5. The first-order valence-corrected chi connectivity index (χ1v) is 8.66. The van der Waals surface area contributed by atoms with Gasteiger partial charge in [-0.3, -0.25) is 0 Å². The SMILES string of the molecule is COc1ccc(CC(Cl)c2cc3sccc3s2)cc1OC. The fourth-order valence-electron chi connectivity index (χ4n) is 2.25. The minimum Gasteiger partial charge on any atom is -0.493 e. The quantitative estimate of drug-likeness (QED) is 0.572. The number of halogens is 1. The molecule has 0 spiro atoms. The summed E-state index contributed by atoms with van der Waals surface area (Å²) in [6, 6.07) is 10.3. The van der Waals surface area contributed by atoms with E-state index in [1.54, 1.807) is 36.9 Å². The summed E-state index contributed by atoms with van der Waals surface area (Å²) >= 11 is 10.1. The first-order valence-electron chi connectivity index (χ1n) is 6.53. The zero-order valence-electron chi connectivity index (χ0n) is 11.8. The van der Waals surface area contributed by atoms with Crippen molar-refractivity contribution < 1.29 is 9.47 Å². The van der Waals surface area contributed by atoms with Crippen LogP contribution in [0.1, 0.15) is 15.8 Å². The van der Waals surface area contributed by atoms with Crippen LogP contribution in [0.25, 0.3) is 9.40 Å². The van der Waals surface area contributed by atoms with E-state index in [9.17, 15) is 0 Å². The van der Waals surface area contributed by atoms with E-state index in [0.29, 0.717) is 0 Å². The highest BCUT2D eigenvalue weighted by atomic mass is 35.5. The van der Waals surface area contributed by atoms with Gasteiger partial charge in [-0.25, -0.2) is 0 Å². The van der Waals surface area contributed by atoms with Gasteiger partial charge < -0.3 is 9.47 Å². The van der Waals surface area contributed by atoms with Crippen molar-refractivity contribution in [1.29, 1.82) is 0 Å². The average molecular weight is 339 g/mol. The number of thiophene rings is 2. The van der Waals surface area contributed by atoms with E-state index < -0.39 is 0 Å². The molecule has 2 nitrogen and oxygen atoms in total. The van der Waals surface area contributed by atoms with Gasteiger partial charge in [0.15, 0.2) is 11.5 Å². The van der Waals surface area contributed by atoms with Gasteiger partial charge in [-0.15, -0.1) is 34.3 Å². The molecule has 0 aliphatic rings. The molecule has 2 aromatic heterocycles. The second kappa shape index (κ2) is 6.26. The van der Waals surface area contributed by atoms with E-state index in [1.165, 1.54) is 14.3 Å². The predicted octanol–water partition coefficient (Wildman–Crippen LogP) is 5.50. The van der Waals surface area contributed by atoms with Gasteiger partial charge in [-0.1, -0.05) is 6.07 Å². The molecular weight excluding hydrogens is 324 g/mol. The molecule has 1 unspecified atom stereocenters. The van der Waals surface area contributed by atoms with Gasteiger partial charge >= 0.3 is 0 Å². The molecule has 3 aromatic rings. The number of hydrogen-bond donors (Lipinski definition) is 0. The van der Waals surface area contributed by atoms with Crippen LogP contribution in [0.5, 0.6) is 11.5 Å². The number of alkyl halides is 1. The lowest BCUT2D eigenvalue weighted by Crippen LogP contribution is -1.96. The monoisotopic (exact) mass is 338 g/mol. The van der Waals surface area contributed by atoms with Gasteiger partial charge in [0.2, 0.25) is 0 Å². The van der Waals surface area contributed by atoms with Crippen LogP contribution in [0.4, 0.5) is 0 Å². The zero-order valence-corrected chi connectivity index (χ0v) is 14.1. The van der Waals surface area contributed by atoms with Gasteiger partial charge in [0.05, 0.1) is 19.6 Å². The van der Waals surface area contributed by atoms with Crippen molar-refractivity contribution in [2.75, 3.05) is 14.2 Å². The van der Waals surface area contributed by atoms with Crippen LogP contribution in [-0.2, 0) is 6.42 Å². The number of methoxy groups -OCH3 is 2. The van der Waals surface area contributed by atoms with E-state index in [2.05, 4.69) is 17.5 Å². The van der Waals surface area contributed by atoms with E-state index in [4.69, 9.17) is 21.1 Å². The van der Waals surface area contributed by atoms with E-state index in [0.717, 1.165) is 23.5 Å². The Morgan fingerprint density at radius 3 is 2.57 bits per heavy atom. The smallest absolute Gasteiger partial charge is 0.160 e. The maximum Gasteiger partial charge on any atom is 0.160 e. The highest BCUT2D eigenvalue weighted by molar-refractivity contribution is 7.27. The Hall–Kier alpha value is -1.23. The first-order chi connectivity index (χ1) is 10.2. The molecule has 0 radical (unpaired) electrons. The summed E-state index contributed by atoms with van der Waals surface area (Å²) in [5.74, 6) is 1.48. The topological polar surface area (TPSA) is 18.5 Å². The van der Waals surface area contributed by atoms with Crippen molar-refractivity contribution in [3.05, 3.63) is 46.2 Å². The van der Waals surface area contributed by atoms with E-state index in [-0.39, 0.29) is 5.38 Å². The fourth-order valence-corrected chi connectivity index (χ4v) is 4.73. The van der Waals surface area contributed by atoms with Gasteiger partial charge in [0.25, 0.3) is 0 Å². The Bertz CT molecular complexity index is 719. The normalized spacial score (nSPS) is 12.5. The number of fused-ring (bicyclic) bond motifs is 1. The van der Waals surface area contributed by atoms with Crippen LogP contribution in [-0.4, -0.2) is 14.2 Å². The number of benzene rings is 1. The molecule has 0 N–H and O–H groups in total. The summed E-state index contributed by atoms with van der Waals surface area (Å²) in [6.07, 6.45) is 0.773. The maximum atomic E-state index is 6.58. The van der Waals surface area contributed by atoms with Gasteiger partial charge in [0, 0.05) is 14.3 Å². The largest absolute Gasteiger partial charge is 0.493 e. The zero-order chi connectivity index (χ0) is 14.8. The van der Waals surface area contributed by atoms with Crippen LogP contribution in [0, 0.1) is 0 Å². The van der Waals surface area contributed by atoms with Gasteiger partial charge in [-0.05, 0) is 41.6 Å². The Morgan fingerprint density at radius 2 is 1.86 bits per heavy atom. The van der Waals surface area contributed by atoms with Crippen molar-refractivity contribution in [1.82, 2.24) is 0 Å². The molecular formula is C16H15ClO2S2. The number of hydrogen-bond acceptors (Lipinski definition) is 4.